The Morgan fingerprint density at radius 1 is 1.33 bits per heavy atom. The van der Waals surface area contributed by atoms with Crippen LogP contribution < -0.4 is 11.2 Å². The lowest BCUT2D eigenvalue weighted by atomic mass is 10.0. The van der Waals surface area contributed by atoms with Gasteiger partial charge < -0.3 is 14.0 Å². The zero-order valence-corrected chi connectivity index (χ0v) is 16.0. The monoisotopic (exact) mass is 354 g/mol. The molecule has 0 spiro atoms. The lowest BCUT2D eigenvalue weighted by Crippen LogP contribution is -2.47. The van der Waals surface area contributed by atoms with E-state index in [9.17, 15) is 14.4 Å². The zero-order chi connectivity index (χ0) is 18.3. The van der Waals surface area contributed by atoms with Crippen LogP contribution in [0.5, 0.6) is 0 Å². The first kappa shape index (κ1) is 18.8. The van der Waals surface area contributed by atoms with Crippen molar-refractivity contribution in [2.75, 3.05) is 0 Å². The molecule has 1 fully saturated rings. The maximum absolute atomic E-state index is 12.0. The quantitative estimate of drug-likeness (QED) is 0.656. The van der Waals surface area contributed by atoms with E-state index in [0.717, 1.165) is 6.29 Å². The summed E-state index contributed by atoms with van der Waals surface area (Å²) in [6.45, 7) is 12.5. The summed E-state index contributed by atoms with van der Waals surface area (Å²) < 4.78 is 13.5. The number of rotatable bonds is 4. The van der Waals surface area contributed by atoms with E-state index in [-0.39, 0.29) is 11.0 Å². The third kappa shape index (κ3) is 3.45. The summed E-state index contributed by atoms with van der Waals surface area (Å²) in [6, 6.07) is 1.26. The van der Waals surface area contributed by atoms with Gasteiger partial charge in [0.2, 0.25) is 0 Å². The molecular weight excluding hydrogens is 328 g/mol. The van der Waals surface area contributed by atoms with E-state index >= 15 is 0 Å². The number of aromatic amines is 1. The Balaban J connectivity index is 2.33. The van der Waals surface area contributed by atoms with Crippen molar-refractivity contribution in [3.8, 4) is 0 Å². The summed E-state index contributed by atoms with van der Waals surface area (Å²) in [5, 5.41) is -0.00688. The molecule has 1 aromatic heterocycles. The Kier molecular flexibility index (Phi) is 5.03. The number of H-pyrrole nitrogens is 1. The third-order valence-electron chi connectivity index (χ3n) is 5.08. The van der Waals surface area contributed by atoms with Gasteiger partial charge in [0.05, 0.1) is 6.10 Å². The number of ether oxygens (including phenoxy) is 1. The van der Waals surface area contributed by atoms with Gasteiger partial charge in [-0.3, -0.25) is 14.3 Å². The number of carbonyl (C=O) groups excluding carboxylic acids is 1. The highest BCUT2D eigenvalue weighted by Gasteiger charge is 2.49. The highest BCUT2D eigenvalue weighted by molar-refractivity contribution is 6.74. The van der Waals surface area contributed by atoms with Gasteiger partial charge in [0.15, 0.2) is 14.6 Å². The van der Waals surface area contributed by atoms with Crippen molar-refractivity contribution >= 4 is 14.6 Å². The van der Waals surface area contributed by atoms with E-state index in [2.05, 4.69) is 38.8 Å². The molecule has 0 saturated carbocycles. The van der Waals surface area contributed by atoms with Crippen LogP contribution in [0.1, 0.15) is 33.9 Å². The molecule has 0 radical (unpaired) electrons. The van der Waals surface area contributed by atoms with Crippen molar-refractivity contribution in [1.29, 1.82) is 0 Å². The first-order chi connectivity index (χ1) is 11.0. The Labute approximate surface area is 142 Å². The summed E-state index contributed by atoms with van der Waals surface area (Å²) in [4.78, 5) is 37.0. The highest BCUT2D eigenvalue weighted by Crippen LogP contribution is 2.42. The van der Waals surface area contributed by atoms with Crippen molar-refractivity contribution in [3.05, 3.63) is 33.1 Å². The average molecular weight is 354 g/mol. The molecule has 0 bridgehead atoms. The van der Waals surface area contributed by atoms with Gasteiger partial charge >= 0.3 is 5.69 Å². The van der Waals surface area contributed by atoms with Crippen molar-refractivity contribution in [2.45, 2.75) is 64.3 Å². The van der Waals surface area contributed by atoms with Crippen LogP contribution in [0.3, 0.4) is 0 Å². The Hall–Kier alpha value is -1.51. The van der Waals surface area contributed by atoms with Gasteiger partial charge in [0, 0.05) is 18.2 Å². The number of nitrogens with one attached hydrogen (secondary N) is 1. The zero-order valence-electron chi connectivity index (χ0n) is 15.0. The lowest BCUT2D eigenvalue weighted by Gasteiger charge is -2.39. The lowest BCUT2D eigenvalue weighted by molar-refractivity contribution is -0.122. The second kappa shape index (κ2) is 6.42. The van der Waals surface area contributed by atoms with Crippen molar-refractivity contribution in [3.63, 3.8) is 0 Å². The number of aldehydes is 1. The minimum atomic E-state index is -2.11. The SMILES string of the molecule is CC1C(O[Si](C)(C)C(C)(C)C)C(C=O)OC1n1ccc(=O)[nH]c1=O. The average Bonchev–Trinajstić information content (AvgIpc) is 2.74. The largest absolute Gasteiger partial charge is 0.410 e. The van der Waals surface area contributed by atoms with Crippen LogP contribution >= 0.6 is 0 Å². The molecule has 0 aliphatic carbocycles. The van der Waals surface area contributed by atoms with Crippen LogP contribution in [0.15, 0.2) is 21.9 Å². The summed E-state index contributed by atoms with van der Waals surface area (Å²) in [5.41, 5.74) is -1.03. The van der Waals surface area contributed by atoms with Crippen LogP contribution in [0.25, 0.3) is 0 Å². The standard InChI is InChI=1S/C16H26N2O5Si/c1-10-13(23-24(5,6)16(2,3)4)11(9-19)22-14(10)18-8-7-12(20)17-15(18)21/h7-11,13-14H,1-6H3,(H,17,20,21). The molecule has 2 rings (SSSR count). The minimum Gasteiger partial charge on any atom is -0.410 e. The Morgan fingerprint density at radius 3 is 2.46 bits per heavy atom. The number of nitrogens with zero attached hydrogens (tertiary/aromatic N) is 1. The van der Waals surface area contributed by atoms with Gasteiger partial charge in [-0.15, -0.1) is 0 Å². The first-order valence-electron chi connectivity index (χ1n) is 8.08. The van der Waals surface area contributed by atoms with E-state index in [1.54, 1.807) is 0 Å². The number of hydrogen-bond acceptors (Lipinski definition) is 5. The topological polar surface area (TPSA) is 90.4 Å². The normalized spacial score (nSPS) is 28.1. The van der Waals surface area contributed by atoms with Crippen LogP contribution in [0.2, 0.25) is 18.1 Å². The van der Waals surface area contributed by atoms with Crippen LogP contribution in [0.4, 0.5) is 0 Å². The van der Waals surface area contributed by atoms with Gasteiger partial charge in [-0.05, 0) is 18.1 Å². The summed E-state index contributed by atoms with van der Waals surface area (Å²) in [7, 11) is -2.11. The molecule has 0 amide bonds. The van der Waals surface area contributed by atoms with Crippen molar-refractivity contribution in [2.24, 2.45) is 5.92 Å². The maximum Gasteiger partial charge on any atom is 0.330 e. The molecule has 4 unspecified atom stereocenters. The van der Waals surface area contributed by atoms with E-state index in [1.165, 1.54) is 16.8 Å². The fourth-order valence-corrected chi connectivity index (χ4v) is 3.95. The molecule has 1 aliphatic rings. The summed E-state index contributed by atoms with van der Waals surface area (Å²) >= 11 is 0. The smallest absolute Gasteiger partial charge is 0.330 e. The summed E-state index contributed by atoms with van der Waals surface area (Å²) in [6.07, 6.45) is 0.300. The van der Waals surface area contributed by atoms with Gasteiger partial charge in [0.1, 0.15) is 12.3 Å². The minimum absolute atomic E-state index is 0.00688. The molecule has 7 nitrogen and oxygen atoms in total. The molecule has 0 aromatic carbocycles. The molecule has 1 saturated heterocycles. The number of aromatic nitrogens is 2. The highest BCUT2D eigenvalue weighted by atomic mass is 28.4. The molecule has 134 valence electrons. The fraction of sp³-hybridized carbons (Fsp3) is 0.688. The van der Waals surface area contributed by atoms with E-state index in [1.807, 2.05) is 6.92 Å². The van der Waals surface area contributed by atoms with Crippen LogP contribution in [-0.4, -0.2) is 36.4 Å². The molecule has 1 N–H and O–H groups in total. The predicted octanol–water partition coefficient (Wildman–Crippen LogP) is 1.66. The maximum atomic E-state index is 12.0. The van der Waals surface area contributed by atoms with E-state index < -0.39 is 38.0 Å². The molecule has 1 aromatic rings. The number of carbonyl (C=O) groups is 1. The van der Waals surface area contributed by atoms with Crippen molar-refractivity contribution < 1.29 is 14.0 Å². The Bertz CT molecular complexity index is 718. The van der Waals surface area contributed by atoms with Crippen LogP contribution in [-0.2, 0) is 14.0 Å². The fourth-order valence-electron chi connectivity index (χ4n) is 2.57. The van der Waals surface area contributed by atoms with Gasteiger partial charge in [-0.1, -0.05) is 27.7 Å². The Morgan fingerprint density at radius 2 is 1.96 bits per heavy atom. The van der Waals surface area contributed by atoms with Crippen LogP contribution in [0, 0.1) is 5.92 Å². The number of hydrogen-bond donors (Lipinski definition) is 1. The summed E-state index contributed by atoms with van der Waals surface area (Å²) in [5.74, 6) is -0.210. The molecule has 2 heterocycles. The molecule has 24 heavy (non-hydrogen) atoms. The molecule has 1 aliphatic heterocycles. The van der Waals surface area contributed by atoms with Gasteiger partial charge in [0.25, 0.3) is 5.56 Å². The van der Waals surface area contributed by atoms with E-state index in [0.29, 0.717) is 0 Å². The third-order valence-corrected chi connectivity index (χ3v) is 9.56. The molecule has 4 atom stereocenters. The second-order valence-corrected chi connectivity index (χ2v) is 12.6. The van der Waals surface area contributed by atoms with Gasteiger partial charge in [-0.25, -0.2) is 4.79 Å². The first-order valence-corrected chi connectivity index (χ1v) is 11.0. The van der Waals surface area contributed by atoms with Crippen molar-refractivity contribution in [1.82, 2.24) is 9.55 Å². The predicted molar refractivity (Wildman–Crippen MR) is 92.5 cm³/mol. The second-order valence-electron chi connectivity index (χ2n) is 7.85. The molecule has 8 heteroatoms. The van der Waals surface area contributed by atoms with E-state index in [4.69, 9.17) is 9.16 Å². The molecular formula is C16H26N2O5Si. The van der Waals surface area contributed by atoms with Gasteiger partial charge in [-0.2, -0.15) is 0 Å².